The number of Topliss-reactive ketones (excluding diaryl/α,β-unsaturated/α-hetero) is 1. The zero-order valence-corrected chi connectivity index (χ0v) is 8.66. The van der Waals surface area contributed by atoms with Crippen molar-refractivity contribution in [1.29, 1.82) is 0 Å². The number of nitrogens with zero attached hydrogens (tertiary/aromatic N) is 1. The van der Waals surface area contributed by atoms with Gasteiger partial charge in [0.25, 0.3) is 0 Å². The average molecular weight is 203 g/mol. The predicted octanol–water partition coefficient (Wildman–Crippen LogP) is 1.49. The van der Waals surface area contributed by atoms with Gasteiger partial charge < -0.3 is 5.11 Å². The second-order valence-electron chi connectivity index (χ2n) is 3.66. The molecule has 1 N–H and O–H groups in total. The van der Waals surface area contributed by atoms with Crippen molar-refractivity contribution >= 4 is 11.9 Å². The summed E-state index contributed by atoms with van der Waals surface area (Å²) in [6.07, 6.45) is 4.82. The van der Waals surface area contributed by atoms with E-state index in [1.165, 1.54) is 0 Å². The van der Waals surface area contributed by atoms with Gasteiger partial charge in [-0.3, -0.25) is 9.78 Å². The van der Waals surface area contributed by atoms with Crippen LogP contribution in [-0.2, 0) is 17.8 Å². The third-order valence-corrected chi connectivity index (χ3v) is 2.66. The minimum atomic E-state index is -0.0776. The Bertz CT molecular complexity index is 435. The number of hydrogen-bond acceptors (Lipinski definition) is 3. The van der Waals surface area contributed by atoms with E-state index in [-0.39, 0.29) is 12.4 Å². The largest absolute Gasteiger partial charge is 0.390 e. The van der Waals surface area contributed by atoms with E-state index in [9.17, 15) is 4.79 Å². The number of aliphatic hydroxyl groups is 1. The van der Waals surface area contributed by atoms with Gasteiger partial charge >= 0.3 is 0 Å². The number of hydrogen-bond donors (Lipinski definition) is 1. The minimum absolute atomic E-state index is 0.0776. The fraction of sp³-hybridized carbons (Fsp3) is 0.333. The highest BCUT2D eigenvalue weighted by molar-refractivity contribution is 6.03. The molecule has 0 atom stereocenters. The molecular formula is C12H13NO2. The van der Waals surface area contributed by atoms with E-state index in [4.69, 9.17) is 5.11 Å². The average Bonchev–Trinajstić information content (AvgIpc) is 2.27. The van der Waals surface area contributed by atoms with Gasteiger partial charge in [-0.25, -0.2) is 0 Å². The molecule has 0 saturated heterocycles. The molecule has 0 fully saturated rings. The first-order valence-electron chi connectivity index (χ1n) is 5.07. The van der Waals surface area contributed by atoms with Crippen LogP contribution >= 0.6 is 0 Å². The molecule has 15 heavy (non-hydrogen) atoms. The summed E-state index contributed by atoms with van der Waals surface area (Å²) in [5, 5.41) is 8.94. The highest BCUT2D eigenvalue weighted by Gasteiger charge is 2.17. The minimum Gasteiger partial charge on any atom is -0.390 e. The Balaban J connectivity index is 2.45. The number of aliphatic hydroxyl groups excluding tert-OH is 1. The predicted molar refractivity (Wildman–Crippen MR) is 57.1 cm³/mol. The van der Waals surface area contributed by atoms with Crippen LogP contribution in [0.4, 0.5) is 0 Å². The molecule has 0 bridgehead atoms. The van der Waals surface area contributed by atoms with Gasteiger partial charge in [0.15, 0.2) is 5.78 Å². The first kappa shape index (κ1) is 10.1. The smallest absolute Gasteiger partial charge is 0.163 e. The summed E-state index contributed by atoms with van der Waals surface area (Å²) < 4.78 is 0. The number of aromatic nitrogens is 1. The van der Waals surface area contributed by atoms with E-state index in [1.54, 1.807) is 12.3 Å². The van der Waals surface area contributed by atoms with Crippen LogP contribution in [0.2, 0.25) is 0 Å². The van der Waals surface area contributed by atoms with Gasteiger partial charge in [0.1, 0.15) is 0 Å². The molecule has 0 amide bonds. The van der Waals surface area contributed by atoms with E-state index in [2.05, 4.69) is 4.98 Å². The van der Waals surface area contributed by atoms with Gasteiger partial charge in [0.05, 0.1) is 12.3 Å². The monoisotopic (exact) mass is 203 g/mol. The maximum absolute atomic E-state index is 11.6. The van der Waals surface area contributed by atoms with E-state index in [1.807, 2.05) is 13.0 Å². The van der Waals surface area contributed by atoms with Gasteiger partial charge in [-0.15, -0.1) is 0 Å². The lowest BCUT2D eigenvalue weighted by molar-refractivity contribution is -0.115. The van der Waals surface area contributed by atoms with Crippen LogP contribution in [-0.4, -0.2) is 15.9 Å². The fourth-order valence-electron chi connectivity index (χ4n) is 1.78. The highest BCUT2D eigenvalue weighted by Crippen LogP contribution is 2.23. The molecule has 0 aliphatic heterocycles. The lowest BCUT2D eigenvalue weighted by Crippen LogP contribution is -2.12. The summed E-state index contributed by atoms with van der Waals surface area (Å²) in [6.45, 7) is 1.90. The SMILES string of the molecule is CCC1=Cc2cnc(CO)cc2CC1=O. The van der Waals surface area contributed by atoms with Crippen LogP contribution in [0.5, 0.6) is 0 Å². The second-order valence-corrected chi connectivity index (χ2v) is 3.66. The van der Waals surface area contributed by atoms with Crippen LogP contribution in [0.15, 0.2) is 17.8 Å². The lowest BCUT2D eigenvalue weighted by Gasteiger charge is -2.14. The second kappa shape index (κ2) is 3.95. The number of pyridine rings is 1. The van der Waals surface area contributed by atoms with Crippen molar-refractivity contribution in [2.75, 3.05) is 0 Å². The van der Waals surface area contributed by atoms with E-state index in [0.29, 0.717) is 12.1 Å². The van der Waals surface area contributed by atoms with Crippen molar-refractivity contribution in [1.82, 2.24) is 4.98 Å². The summed E-state index contributed by atoms with van der Waals surface area (Å²) >= 11 is 0. The van der Waals surface area contributed by atoms with Crippen LogP contribution in [0, 0.1) is 0 Å². The molecule has 0 unspecified atom stereocenters. The summed E-state index contributed by atoms with van der Waals surface area (Å²) in [6, 6.07) is 1.80. The fourth-order valence-corrected chi connectivity index (χ4v) is 1.78. The van der Waals surface area contributed by atoms with Crippen molar-refractivity contribution in [2.45, 2.75) is 26.4 Å². The van der Waals surface area contributed by atoms with Gasteiger partial charge in [-0.1, -0.05) is 6.92 Å². The maximum Gasteiger partial charge on any atom is 0.163 e. The first-order chi connectivity index (χ1) is 7.24. The molecule has 3 nitrogen and oxygen atoms in total. The zero-order valence-electron chi connectivity index (χ0n) is 8.66. The van der Waals surface area contributed by atoms with Gasteiger partial charge in [0.2, 0.25) is 0 Å². The summed E-state index contributed by atoms with van der Waals surface area (Å²) in [5.74, 6) is 0.181. The lowest BCUT2D eigenvalue weighted by atomic mass is 9.91. The van der Waals surface area contributed by atoms with Gasteiger partial charge in [-0.2, -0.15) is 0 Å². The van der Waals surface area contributed by atoms with Crippen molar-refractivity contribution in [2.24, 2.45) is 0 Å². The number of ketones is 1. The van der Waals surface area contributed by atoms with E-state index >= 15 is 0 Å². The van der Waals surface area contributed by atoms with Crippen LogP contribution in [0.25, 0.3) is 6.08 Å². The Hall–Kier alpha value is -1.48. The molecule has 78 valence electrons. The van der Waals surface area contributed by atoms with Gasteiger partial charge in [-0.05, 0) is 35.3 Å². The summed E-state index contributed by atoms with van der Waals surface area (Å²) in [4.78, 5) is 15.7. The Kier molecular flexibility index (Phi) is 2.64. The number of carbonyl (C=O) groups is 1. The molecule has 1 heterocycles. The standard InChI is InChI=1S/C12H13NO2/c1-2-8-3-10-6-13-11(7-14)4-9(10)5-12(8)15/h3-4,6,14H,2,5,7H2,1H3. The molecule has 0 aromatic carbocycles. The van der Waals surface area contributed by atoms with Crippen molar-refractivity contribution in [3.05, 3.63) is 34.7 Å². The highest BCUT2D eigenvalue weighted by atomic mass is 16.3. The number of rotatable bonds is 2. The maximum atomic E-state index is 11.6. The first-order valence-corrected chi connectivity index (χ1v) is 5.07. The Morgan fingerprint density at radius 3 is 3.00 bits per heavy atom. The number of fused-ring (bicyclic) bond motifs is 1. The Labute approximate surface area is 88.5 Å². The third-order valence-electron chi connectivity index (χ3n) is 2.66. The molecule has 3 heteroatoms. The molecule has 0 spiro atoms. The molecular weight excluding hydrogens is 190 g/mol. The third kappa shape index (κ3) is 1.83. The topological polar surface area (TPSA) is 50.2 Å². The van der Waals surface area contributed by atoms with E-state index < -0.39 is 0 Å². The van der Waals surface area contributed by atoms with Crippen LogP contribution < -0.4 is 0 Å². The van der Waals surface area contributed by atoms with Crippen LogP contribution in [0.1, 0.15) is 30.2 Å². The van der Waals surface area contributed by atoms with Crippen LogP contribution in [0.3, 0.4) is 0 Å². The van der Waals surface area contributed by atoms with Crippen molar-refractivity contribution < 1.29 is 9.90 Å². The molecule has 1 aliphatic carbocycles. The quantitative estimate of drug-likeness (QED) is 0.792. The molecule has 0 radical (unpaired) electrons. The molecule has 1 aromatic heterocycles. The normalized spacial score (nSPS) is 14.8. The van der Waals surface area contributed by atoms with Crippen molar-refractivity contribution in [3.8, 4) is 0 Å². The van der Waals surface area contributed by atoms with E-state index in [0.717, 1.165) is 23.1 Å². The Morgan fingerprint density at radius 2 is 2.33 bits per heavy atom. The Morgan fingerprint density at radius 1 is 1.53 bits per heavy atom. The van der Waals surface area contributed by atoms with Crippen molar-refractivity contribution in [3.63, 3.8) is 0 Å². The molecule has 1 aromatic rings. The molecule has 0 saturated carbocycles. The zero-order chi connectivity index (χ0) is 10.8. The number of allylic oxidation sites excluding steroid dienone is 1. The summed E-state index contributed by atoms with van der Waals surface area (Å²) in [7, 11) is 0. The van der Waals surface area contributed by atoms with Gasteiger partial charge in [0, 0.05) is 12.6 Å². The molecule has 1 aliphatic rings. The molecule has 2 rings (SSSR count). The number of carbonyl (C=O) groups excluding carboxylic acids is 1. The summed E-state index contributed by atoms with van der Waals surface area (Å²) in [5.41, 5.74) is 3.45.